The predicted octanol–water partition coefficient (Wildman–Crippen LogP) is 2.54. The van der Waals surface area contributed by atoms with E-state index in [4.69, 9.17) is 4.74 Å². The van der Waals surface area contributed by atoms with Crippen molar-refractivity contribution in [2.45, 2.75) is 64.0 Å². The van der Waals surface area contributed by atoms with Crippen molar-refractivity contribution in [3.63, 3.8) is 0 Å². The topological polar surface area (TPSA) is 67.4 Å². The van der Waals surface area contributed by atoms with Gasteiger partial charge in [-0.15, -0.1) is 10.2 Å². The molecule has 6 heteroatoms. The Bertz CT molecular complexity index is 522. The van der Waals surface area contributed by atoms with E-state index < -0.39 is 0 Å². The van der Waals surface area contributed by atoms with E-state index in [1.165, 1.54) is 32.1 Å². The summed E-state index contributed by atoms with van der Waals surface area (Å²) in [4.78, 5) is 14.6. The van der Waals surface area contributed by atoms with Gasteiger partial charge in [0.05, 0.1) is 0 Å². The Kier molecular flexibility index (Phi) is 6.01. The van der Waals surface area contributed by atoms with Crippen LogP contribution in [0.25, 0.3) is 0 Å². The highest BCUT2D eigenvalue weighted by Gasteiger charge is 2.22. The number of rotatable bonds is 5. The Hall–Kier alpha value is -1.69. The number of carbonyl (C=O) groups excluding carboxylic acids is 1. The van der Waals surface area contributed by atoms with Crippen LogP contribution in [0.15, 0.2) is 12.1 Å². The lowest BCUT2D eigenvalue weighted by atomic mass is 9.94. The molecule has 1 saturated heterocycles. The zero-order chi connectivity index (χ0) is 16.8. The zero-order valence-electron chi connectivity index (χ0n) is 14.5. The van der Waals surface area contributed by atoms with Gasteiger partial charge in [0, 0.05) is 31.8 Å². The molecule has 132 valence electrons. The van der Waals surface area contributed by atoms with Crippen LogP contribution in [-0.2, 0) is 4.74 Å². The van der Waals surface area contributed by atoms with Crippen molar-refractivity contribution < 1.29 is 9.53 Å². The minimum Gasteiger partial charge on any atom is -0.381 e. The van der Waals surface area contributed by atoms with Gasteiger partial charge < -0.3 is 15.0 Å². The molecule has 0 unspecified atom stereocenters. The summed E-state index contributed by atoms with van der Waals surface area (Å²) < 4.78 is 5.31. The van der Waals surface area contributed by atoms with Crippen LogP contribution in [0.3, 0.4) is 0 Å². The Balaban J connectivity index is 1.61. The summed E-state index contributed by atoms with van der Waals surface area (Å²) in [6.07, 6.45) is 8.10. The maximum Gasteiger partial charge on any atom is 0.272 e. The van der Waals surface area contributed by atoms with Crippen LogP contribution in [-0.4, -0.2) is 47.9 Å². The van der Waals surface area contributed by atoms with Crippen LogP contribution < -0.4 is 10.2 Å². The highest BCUT2D eigenvalue weighted by atomic mass is 16.5. The average Bonchev–Trinajstić information content (AvgIpc) is 2.65. The standard InChI is InChI=1S/C18H28N4O2/c1-2-22(15-6-4-3-5-7-15)17-9-8-16(20-21-17)18(23)19-14-10-12-24-13-11-14/h8-9,14-15H,2-7,10-13H2,1H3,(H,19,23). The Morgan fingerprint density at radius 3 is 2.54 bits per heavy atom. The second-order valence-corrected chi connectivity index (χ2v) is 6.71. The molecular weight excluding hydrogens is 304 g/mol. The maximum atomic E-state index is 12.3. The molecule has 2 fully saturated rings. The summed E-state index contributed by atoms with van der Waals surface area (Å²) in [7, 11) is 0. The lowest BCUT2D eigenvalue weighted by molar-refractivity contribution is 0.0693. The smallest absolute Gasteiger partial charge is 0.272 e. The summed E-state index contributed by atoms with van der Waals surface area (Å²) >= 11 is 0. The molecule has 0 atom stereocenters. The molecule has 6 nitrogen and oxygen atoms in total. The molecule has 0 radical (unpaired) electrons. The molecule has 1 saturated carbocycles. The van der Waals surface area contributed by atoms with Crippen molar-refractivity contribution in [1.29, 1.82) is 0 Å². The van der Waals surface area contributed by atoms with Crippen LogP contribution >= 0.6 is 0 Å². The fourth-order valence-electron chi connectivity index (χ4n) is 3.70. The van der Waals surface area contributed by atoms with Gasteiger partial charge in [-0.1, -0.05) is 19.3 Å². The Morgan fingerprint density at radius 2 is 1.92 bits per heavy atom. The molecule has 1 aromatic rings. The highest BCUT2D eigenvalue weighted by molar-refractivity contribution is 5.92. The van der Waals surface area contributed by atoms with Gasteiger partial charge in [-0.2, -0.15) is 0 Å². The fraction of sp³-hybridized carbons (Fsp3) is 0.722. The summed E-state index contributed by atoms with van der Waals surface area (Å²) in [6, 6.07) is 4.47. The van der Waals surface area contributed by atoms with Crippen LogP contribution in [0.4, 0.5) is 5.82 Å². The summed E-state index contributed by atoms with van der Waals surface area (Å²) in [5.41, 5.74) is 0.393. The van der Waals surface area contributed by atoms with E-state index in [1.54, 1.807) is 6.07 Å². The van der Waals surface area contributed by atoms with Crippen molar-refractivity contribution in [3.8, 4) is 0 Å². The summed E-state index contributed by atoms with van der Waals surface area (Å²) in [5, 5.41) is 11.5. The van der Waals surface area contributed by atoms with Gasteiger partial charge in [0.1, 0.15) is 0 Å². The number of hydrogen-bond acceptors (Lipinski definition) is 5. The monoisotopic (exact) mass is 332 g/mol. The van der Waals surface area contributed by atoms with Crippen LogP contribution in [0, 0.1) is 0 Å². The molecule has 1 aliphatic heterocycles. The van der Waals surface area contributed by atoms with E-state index >= 15 is 0 Å². The molecule has 1 aromatic heterocycles. The average molecular weight is 332 g/mol. The third kappa shape index (κ3) is 4.23. The SMILES string of the molecule is CCN(c1ccc(C(=O)NC2CCOCC2)nn1)C1CCCCC1. The maximum absolute atomic E-state index is 12.3. The van der Waals surface area contributed by atoms with Gasteiger partial charge in [-0.3, -0.25) is 4.79 Å². The molecule has 3 rings (SSSR count). The van der Waals surface area contributed by atoms with E-state index in [0.717, 1.165) is 25.2 Å². The van der Waals surface area contributed by atoms with Crippen molar-refractivity contribution in [2.24, 2.45) is 0 Å². The lowest BCUT2D eigenvalue weighted by Crippen LogP contribution is -2.39. The Morgan fingerprint density at radius 1 is 1.17 bits per heavy atom. The van der Waals surface area contributed by atoms with Crippen LogP contribution in [0.5, 0.6) is 0 Å². The molecule has 2 heterocycles. The fourth-order valence-corrected chi connectivity index (χ4v) is 3.70. The first-order valence-corrected chi connectivity index (χ1v) is 9.27. The van der Waals surface area contributed by atoms with E-state index in [0.29, 0.717) is 24.9 Å². The van der Waals surface area contributed by atoms with Crippen molar-refractivity contribution >= 4 is 11.7 Å². The largest absolute Gasteiger partial charge is 0.381 e. The molecular formula is C18H28N4O2. The van der Waals surface area contributed by atoms with Gasteiger partial charge in [-0.25, -0.2) is 0 Å². The van der Waals surface area contributed by atoms with Gasteiger partial charge >= 0.3 is 0 Å². The van der Waals surface area contributed by atoms with Gasteiger partial charge in [0.2, 0.25) is 0 Å². The molecule has 1 N–H and O–H groups in total. The molecule has 0 spiro atoms. The third-order valence-corrected chi connectivity index (χ3v) is 5.09. The molecule has 2 aliphatic rings. The number of hydrogen-bond donors (Lipinski definition) is 1. The van der Waals surface area contributed by atoms with E-state index in [1.807, 2.05) is 6.07 Å². The number of amides is 1. The third-order valence-electron chi connectivity index (χ3n) is 5.09. The predicted molar refractivity (Wildman–Crippen MR) is 93.2 cm³/mol. The molecule has 24 heavy (non-hydrogen) atoms. The second kappa shape index (κ2) is 8.42. The quantitative estimate of drug-likeness (QED) is 0.897. The summed E-state index contributed by atoms with van der Waals surface area (Å²) in [5.74, 6) is 0.744. The first-order valence-electron chi connectivity index (χ1n) is 9.27. The van der Waals surface area contributed by atoms with E-state index in [2.05, 4.69) is 27.3 Å². The first-order chi connectivity index (χ1) is 11.8. The first kappa shape index (κ1) is 17.1. The van der Waals surface area contributed by atoms with Crippen LogP contribution in [0.1, 0.15) is 62.4 Å². The summed E-state index contributed by atoms with van der Waals surface area (Å²) in [6.45, 7) is 4.50. The minimum absolute atomic E-state index is 0.137. The molecule has 1 amide bonds. The normalized spacial score (nSPS) is 19.9. The molecule has 0 aromatic carbocycles. The van der Waals surface area contributed by atoms with E-state index in [-0.39, 0.29) is 11.9 Å². The minimum atomic E-state index is -0.137. The second-order valence-electron chi connectivity index (χ2n) is 6.71. The number of anilines is 1. The van der Waals surface area contributed by atoms with E-state index in [9.17, 15) is 4.79 Å². The van der Waals surface area contributed by atoms with Crippen molar-refractivity contribution in [2.75, 3.05) is 24.7 Å². The number of ether oxygens (including phenoxy) is 1. The van der Waals surface area contributed by atoms with Gasteiger partial charge in [-0.05, 0) is 44.7 Å². The Labute approximate surface area is 144 Å². The molecule has 0 bridgehead atoms. The lowest BCUT2D eigenvalue weighted by Gasteiger charge is -2.34. The van der Waals surface area contributed by atoms with Gasteiger partial charge in [0.25, 0.3) is 5.91 Å². The van der Waals surface area contributed by atoms with Crippen molar-refractivity contribution in [1.82, 2.24) is 15.5 Å². The number of nitrogens with zero attached hydrogens (tertiary/aromatic N) is 3. The van der Waals surface area contributed by atoms with Gasteiger partial charge in [0.15, 0.2) is 11.5 Å². The zero-order valence-corrected chi connectivity index (χ0v) is 14.5. The van der Waals surface area contributed by atoms with Crippen molar-refractivity contribution in [3.05, 3.63) is 17.8 Å². The highest BCUT2D eigenvalue weighted by Crippen LogP contribution is 2.25. The number of nitrogens with one attached hydrogen (secondary N) is 1. The number of carbonyl (C=O) groups is 1. The molecule has 1 aliphatic carbocycles. The number of aromatic nitrogens is 2. The van der Waals surface area contributed by atoms with Crippen LogP contribution in [0.2, 0.25) is 0 Å².